The summed E-state index contributed by atoms with van der Waals surface area (Å²) in [7, 11) is 0. The number of ether oxygens (including phenoxy) is 2. The maximum Gasteiger partial charge on any atom is 0.291 e. The molecule has 4 rings (SSSR count). The lowest BCUT2D eigenvalue weighted by Gasteiger charge is -2.47. The number of morpholine rings is 2. The first kappa shape index (κ1) is 18.6. The van der Waals surface area contributed by atoms with Gasteiger partial charge in [-0.15, -0.1) is 0 Å². The van der Waals surface area contributed by atoms with Gasteiger partial charge in [0.1, 0.15) is 0 Å². The summed E-state index contributed by atoms with van der Waals surface area (Å²) in [5.41, 5.74) is 1.96. The van der Waals surface area contributed by atoms with Crippen LogP contribution in [0, 0.1) is 13.8 Å². The number of aryl methyl sites for hydroxylation is 2. The van der Waals surface area contributed by atoms with Crippen LogP contribution >= 0.6 is 0 Å². The third kappa shape index (κ3) is 3.38. The van der Waals surface area contributed by atoms with Crippen LogP contribution in [0.25, 0.3) is 0 Å². The summed E-state index contributed by atoms with van der Waals surface area (Å²) < 4.78 is 17.0. The van der Waals surface area contributed by atoms with Crippen molar-refractivity contribution >= 4 is 11.8 Å². The van der Waals surface area contributed by atoms with Gasteiger partial charge in [0, 0.05) is 25.5 Å². The van der Waals surface area contributed by atoms with Gasteiger partial charge in [-0.2, -0.15) is 0 Å². The molecule has 1 unspecified atom stereocenters. The molecule has 0 bridgehead atoms. The highest BCUT2D eigenvalue weighted by Crippen LogP contribution is 2.27. The van der Waals surface area contributed by atoms with Crippen LogP contribution in [0.5, 0.6) is 0 Å². The standard InChI is InChI=1S/C19H22N4O5/c1-13-3-4-20-9-15(13)17(24)22-5-7-27-19(10-22)11-23(6-8-28-19)18(25)16-14(2)21-12-26-16/h3-4,9,12H,5-8,10-11H2,1-2H3. The molecule has 1 spiro atoms. The van der Waals surface area contributed by atoms with Crippen molar-refractivity contribution in [2.45, 2.75) is 19.6 Å². The molecule has 0 N–H and O–H groups in total. The highest BCUT2D eigenvalue weighted by molar-refractivity contribution is 5.95. The maximum atomic E-state index is 13.0. The average molecular weight is 386 g/mol. The van der Waals surface area contributed by atoms with E-state index in [1.807, 2.05) is 6.92 Å². The zero-order chi connectivity index (χ0) is 19.7. The third-order valence-corrected chi connectivity index (χ3v) is 5.10. The van der Waals surface area contributed by atoms with E-state index in [0.717, 1.165) is 5.56 Å². The summed E-state index contributed by atoms with van der Waals surface area (Å²) in [6, 6.07) is 1.81. The molecule has 1 atom stereocenters. The van der Waals surface area contributed by atoms with Crippen LogP contribution in [0.1, 0.15) is 32.2 Å². The number of rotatable bonds is 2. The Bertz CT molecular complexity index is 894. The van der Waals surface area contributed by atoms with Crippen LogP contribution in [0.4, 0.5) is 0 Å². The fourth-order valence-corrected chi connectivity index (χ4v) is 3.55. The lowest BCUT2D eigenvalue weighted by molar-refractivity contribution is -0.282. The van der Waals surface area contributed by atoms with E-state index in [0.29, 0.717) is 37.6 Å². The number of carbonyl (C=O) groups excluding carboxylic acids is 2. The van der Waals surface area contributed by atoms with Gasteiger partial charge in [0.05, 0.1) is 37.6 Å². The van der Waals surface area contributed by atoms with E-state index in [9.17, 15) is 9.59 Å². The number of aromatic nitrogens is 2. The molecule has 148 valence electrons. The molecule has 0 radical (unpaired) electrons. The maximum absolute atomic E-state index is 13.0. The van der Waals surface area contributed by atoms with Crippen molar-refractivity contribution in [3.05, 3.63) is 47.4 Å². The summed E-state index contributed by atoms with van der Waals surface area (Å²) in [4.78, 5) is 37.1. The summed E-state index contributed by atoms with van der Waals surface area (Å²) in [5, 5.41) is 0. The number of amides is 2. The van der Waals surface area contributed by atoms with E-state index in [1.165, 1.54) is 6.39 Å². The first-order chi connectivity index (χ1) is 13.5. The van der Waals surface area contributed by atoms with E-state index in [1.54, 1.807) is 35.2 Å². The van der Waals surface area contributed by atoms with E-state index < -0.39 is 5.79 Å². The molecule has 2 aromatic heterocycles. The molecular formula is C19H22N4O5. The SMILES string of the molecule is Cc1ccncc1C(=O)N1CCOC2(C1)CN(C(=O)c1ocnc1C)CCO2. The summed E-state index contributed by atoms with van der Waals surface area (Å²) in [5.74, 6) is -1.21. The molecule has 2 fully saturated rings. The van der Waals surface area contributed by atoms with Crippen molar-refractivity contribution < 1.29 is 23.5 Å². The molecule has 28 heavy (non-hydrogen) atoms. The smallest absolute Gasteiger partial charge is 0.291 e. The third-order valence-electron chi connectivity index (χ3n) is 5.10. The minimum atomic E-state index is -1.05. The first-order valence-corrected chi connectivity index (χ1v) is 9.16. The zero-order valence-corrected chi connectivity index (χ0v) is 15.9. The van der Waals surface area contributed by atoms with Crippen LogP contribution in [0.3, 0.4) is 0 Å². The largest absolute Gasteiger partial charge is 0.438 e. The van der Waals surface area contributed by atoms with Crippen molar-refractivity contribution in [2.24, 2.45) is 0 Å². The van der Waals surface area contributed by atoms with Gasteiger partial charge in [0.2, 0.25) is 11.5 Å². The Morgan fingerprint density at radius 1 is 1.07 bits per heavy atom. The van der Waals surface area contributed by atoms with Crippen molar-refractivity contribution in [1.29, 1.82) is 0 Å². The van der Waals surface area contributed by atoms with Crippen molar-refractivity contribution in [3.63, 3.8) is 0 Å². The summed E-state index contributed by atoms with van der Waals surface area (Å²) >= 11 is 0. The number of pyridine rings is 1. The molecule has 2 aliphatic heterocycles. The fourth-order valence-electron chi connectivity index (χ4n) is 3.55. The number of hydrogen-bond donors (Lipinski definition) is 0. The highest BCUT2D eigenvalue weighted by Gasteiger charge is 2.45. The van der Waals surface area contributed by atoms with Gasteiger partial charge in [-0.25, -0.2) is 4.98 Å². The van der Waals surface area contributed by atoms with E-state index >= 15 is 0 Å². The van der Waals surface area contributed by atoms with E-state index in [4.69, 9.17) is 13.9 Å². The molecule has 0 aliphatic carbocycles. The average Bonchev–Trinajstić information content (AvgIpc) is 3.13. The lowest BCUT2D eigenvalue weighted by atomic mass is 10.1. The van der Waals surface area contributed by atoms with Crippen molar-refractivity contribution in [2.75, 3.05) is 39.4 Å². The van der Waals surface area contributed by atoms with Crippen LogP contribution in [-0.2, 0) is 9.47 Å². The molecule has 2 aliphatic rings. The molecule has 2 saturated heterocycles. The second-order valence-electron chi connectivity index (χ2n) is 7.02. The van der Waals surface area contributed by atoms with Gasteiger partial charge in [-0.1, -0.05) is 0 Å². The lowest BCUT2D eigenvalue weighted by Crippen LogP contribution is -2.63. The summed E-state index contributed by atoms with van der Waals surface area (Å²) in [6.45, 7) is 5.55. The summed E-state index contributed by atoms with van der Waals surface area (Å²) in [6.07, 6.45) is 4.49. The molecule has 9 heteroatoms. The number of oxazole rings is 1. The molecular weight excluding hydrogens is 364 g/mol. The van der Waals surface area contributed by atoms with Crippen LogP contribution in [-0.4, -0.2) is 76.8 Å². The number of hydrogen-bond acceptors (Lipinski definition) is 7. The van der Waals surface area contributed by atoms with Crippen molar-refractivity contribution in [1.82, 2.24) is 19.8 Å². The quantitative estimate of drug-likeness (QED) is 0.760. The molecule has 2 aromatic rings. The van der Waals surface area contributed by atoms with E-state index in [2.05, 4.69) is 9.97 Å². The first-order valence-electron chi connectivity index (χ1n) is 9.16. The van der Waals surface area contributed by atoms with Gasteiger partial charge in [0.15, 0.2) is 6.39 Å². The Labute approximate surface area is 162 Å². The van der Waals surface area contributed by atoms with Gasteiger partial charge in [0.25, 0.3) is 11.8 Å². The Hall–Kier alpha value is -2.78. The van der Waals surface area contributed by atoms with Crippen LogP contribution in [0.2, 0.25) is 0 Å². The Balaban J connectivity index is 1.51. The second-order valence-corrected chi connectivity index (χ2v) is 7.02. The molecule has 4 heterocycles. The Morgan fingerprint density at radius 2 is 1.75 bits per heavy atom. The monoisotopic (exact) mass is 386 g/mol. The highest BCUT2D eigenvalue weighted by atomic mass is 16.7. The predicted octanol–water partition coefficient (Wildman–Crippen LogP) is 1.03. The molecule has 0 saturated carbocycles. The second kappa shape index (κ2) is 7.33. The minimum absolute atomic E-state index is 0.119. The predicted molar refractivity (Wildman–Crippen MR) is 96.7 cm³/mol. The van der Waals surface area contributed by atoms with Gasteiger partial charge >= 0.3 is 0 Å². The van der Waals surface area contributed by atoms with Crippen molar-refractivity contribution in [3.8, 4) is 0 Å². The van der Waals surface area contributed by atoms with Crippen LogP contribution < -0.4 is 0 Å². The Kier molecular flexibility index (Phi) is 4.86. The fraction of sp³-hybridized carbons (Fsp3) is 0.474. The normalized spacial score (nSPS) is 22.5. The molecule has 2 amide bonds. The van der Waals surface area contributed by atoms with Gasteiger partial charge < -0.3 is 23.7 Å². The van der Waals surface area contributed by atoms with E-state index in [-0.39, 0.29) is 30.7 Å². The minimum Gasteiger partial charge on any atom is -0.438 e. The topological polar surface area (TPSA) is 98.0 Å². The molecule has 9 nitrogen and oxygen atoms in total. The van der Waals surface area contributed by atoms with Gasteiger partial charge in [-0.3, -0.25) is 14.6 Å². The zero-order valence-electron chi connectivity index (χ0n) is 15.9. The molecule has 0 aromatic carbocycles. The van der Waals surface area contributed by atoms with Crippen LogP contribution in [0.15, 0.2) is 29.3 Å². The number of carbonyl (C=O) groups is 2. The van der Waals surface area contributed by atoms with Gasteiger partial charge in [-0.05, 0) is 25.5 Å². The number of nitrogens with zero attached hydrogens (tertiary/aromatic N) is 4. The Morgan fingerprint density at radius 3 is 2.36 bits per heavy atom.